The summed E-state index contributed by atoms with van der Waals surface area (Å²) in [6, 6.07) is 0. The Kier molecular flexibility index (Phi) is 30.4. The number of carbonyl (C=O) groups is 1. The summed E-state index contributed by atoms with van der Waals surface area (Å²) in [5, 5.41) is 8.55. The Bertz CT molecular complexity index is 412. The van der Waals surface area contributed by atoms with Gasteiger partial charge in [-0.15, -0.1) is 0 Å². The van der Waals surface area contributed by atoms with Gasteiger partial charge in [0, 0.05) is 6.42 Å². The SMILES string of the molecule is CCCCCCCCC(=O)OCCOCCOCCOCCOCCOCCOCCOCCO. The molecule has 0 spiro atoms. The Morgan fingerprint density at radius 1 is 0.486 bits per heavy atom. The summed E-state index contributed by atoms with van der Waals surface area (Å²) in [5.41, 5.74) is 0. The first-order valence-corrected chi connectivity index (χ1v) is 13.1. The van der Waals surface area contributed by atoms with E-state index in [1.807, 2.05) is 0 Å². The summed E-state index contributed by atoms with van der Waals surface area (Å²) >= 11 is 0. The fourth-order valence-electron chi connectivity index (χ4n) is 2.82. The van der Waals surface area contributed by atoms with Crippen molar-refractivity contribution >= 4 is 5.97 Å². The van der Waals surface area contributed by atoms with Gasteiger partial charge in [0.1, 0.15) is 6.61 Å². The maximum Gasteiger partial charge on any atom is 0.305 e. The van der Waals surface area contributed by atoms with E-state index in [1.54, 1.807) is 0 Å². The first-order chi connectivity index (χ1) is 17.3. The molecule has 0 unspecified atom stereocenters. The maximum absolute atomic E-state index is 11.6. The summed E-state index contributed by atoms with van der Waals surface area (Å²) in [4.78, 5) is 11.6. The predicted molar refractivity (Wildman–Crippen MR) is 132 cm³/mol. The summed E-state index contributed by atoms with van der Waals surface area (Å²) in [7, 11) is 0. The zero-order chi connectivity index (χ0) is 25.5. The van der Waals surface area contributed by atoms with Crippen LogP contribution in [-0.2, 0) is 42.7 Å². The first kappa shape index (κ1) is 34.1. The second kappa shape index (κ2) is 31.2. The average molecular weight is 511 g/mol. The molecule has 35 heavy (non-hydrogen) atoms. The van der Waals surface area contributed by atoms with Crippen LogP contribution < -0.4 is 0 Å². The lowest BCUT2D eigenvalue weighted by Gasteiger charge is -2.08. The highest BCUT2D eigenvalue weighted by atomic mass is 16.6. The van der Waals surface area contributed by atoms with Crippen molar-refractivity contribution < 1.29 is 47.8 Å². The minimum absolute atomic E-state index is 0.0267. The number of rotatable bonds is 30. The van der Waals surface area contributed by atoms with Gasteiger partial charge in [-0.05, 0) is 6.42 Å². The van der Waals surface area contributed by atoms with Gasteiger partial charge in [-0.3, -0.25) is 4.79 Å². The Morgan fingerprint density at radius 2 is 0.829 bits per heavy atom. The van der Waals surface area contributed by atoms with Gasteiger partial charge in [-0.2, -0.15) is 0 Å². The highest BCUT2D eigenvalue weighted by Crippen LogP contribution is 2.07. The third kappa shape index (κ3) is 31.1. The minimum atomic E-state index is -0.142. The van der Waals surface area contributed by atoms with Gasteiger partial charge in [0.2, 0.25) is 0 Å². The molecule has 0 bridgehead atoms. The molecule has 1 N–H and O–H groups in total. The molecule has 0 rings (SSSR count). The molecule has 0 aromatic carbocycles. The van der Waals surface area contributed by atoms with Crippen molar-refractivity contribution in [2.24, 2.45) is 0 Å². The number of hydrogen-bond acceptors (Lipinski definition) is 10. The molecule has 0 heterocycles. The minimum Gasteiger partial charge on any atom is -0.463 e. The lowest BCUT2D eigenvalue weighted by atomic mass is 10.1. The van der Waals surface area contributed by atoms with E-state index in [2.05, 4.69) is 6.92 Å². The van der Waals surface area contributed by atoms with Crippen LogP contribution >= 0.6 is 0 Å². The lowest BCUT2D eigenvalue weighted by molar-refractivity contribution is -0.145. The van der Waals surface area contributed by atoms with E-state index in [9.17, 15) is 4.79 Å². The van der Waals surface area contributed by atoms with Crippen LogP contribution in [0.15, 0.2) is 0 Å². The van der Waals surface area contributed by atoms with Gasteiger partial charge >= 0.3 is 5.97 Å². The van der Waals surface area contributed by atoms with Gasteiger partial charge in [0.25, 0.3) is 0 Å². The van der Waals surface area contributed by atoms with Crippen LogP contribution in [0.25, 0.3) is 0 Å². The molecular weight excluding hydrogens is 460 g/mol. The molecule has 0 aliphatic rings. The van der Waals surface area contributed by atoms with Crippen LogP contribution in [-0.4, -0.2) is 117 Å². The second-order valence-electron chi connectivity index (χ2n) is 7.75. The molecule has 0 amide bonds. The largest absolute Gasteiger partial charge is 0.463 e. The van der Waals surface area contributed by atoms with Crippen molar-refractivity contribution in [2.75, 3.05) is 106 Å². The van der Waals surface area contributed by atoms with Crippen molar-refractivity contribution in [3.05, 3.63) is 0 Å². The molecule has 0 fully saturated rings. The van der Waals surface area contributed by atoms with Gasteiger partial charge < -0.3 is 43.0 Å². The van der Waals surface area contributed by atoms with Crippen LogP contribution in [0.2, 0.25) is 0 Å². The predicted octanol–water partition coefficient (Wildman–Crippen LogP) is 2.39. The topological polar surface area (TPSA) is 111 Å². The average Bonchev–Trinajstić information content (AvgIpc) is 2.86. The fourth-order valence-corrected chi connectivity index (χ4v) is 2.82. The van der Waals surface area contributed by atoms with Crippen LogP contribution in [0, 0.1) is 0 Å². The van der Waals surface area contributed by atoms with E-state index >= 15 is 0 Å². The number of ether oxygens (including phenoxy) is 8. The maximum atomic E-state index is 11.6. The number of aliphatic hydroxyl groups excluding tert-OH is 1. The first-order valence-electron chi connectivity index (χ1n) is 13.1. The van der Waals surface area contributed by atoms with E-state index in [0.717, 1.165) is 12.8 Å². The monoisotopic (exact) mass is 510 g/mol. The van der Waals surface area contributed by atoms with Gasteiger partial charge in [0.15, 0.2) is 0 Å². The summed E-state index contributed by atoms with van der Waals surface area (Å²) in [5.74, 6) is -0.142. The molecule has 0 saturated heterocycles. The third-order valence-electron chi connectivity index (χ3n) is 4.69. The highest BCUT2D eigenvalue weighted by molar-refractivity contribution is 5.69. The van der Waals surface area contributed by atoms with Crippen molar-refractivity contribution in [1.29, 1.82) is 0 Å². The molecule has 0 aliphatic heterocycles. The zero-order valence-corrected chi connectivity index (χ0v) is 21.9. The summed E-state index contributed by atoms with van der Waals surface area (Å²) < 4.78 is 42.6. The van der Waals surface area contributed by atoms with Crippen LogP contribution in [0.4, 0.5) is 0 Å². The van der Waals surface area contributed by atoms with E-state index in [0.29, 0.717) is 98.9 Å². The molecule has 0 atom stereocenters. The number of unbranched alkanes of at least 4 members (excludes halogenated alkanes) is 5. The lowest BCUT2D eigenvalue weighted by Crippen LogP contribution is -2.15. The zero-order valence-electron chi connectivity index (χ0n) is 21.9. The fraction of sp³-hybridized carbons (Fsp3) is 0.960. The quantitative estimate of drug-likeness (QED) is 0.114. The molecule has 210 valence electrons. The van der Waals surface area contributed by atoms with Crippen molar-refractivity contribution in [2.45, 2.75) is 51.9 Å². The Balaban J connectivity index is 3.09. The second-order valence-corrected chi connectivity index (χ2v) is 7.75. The standard InChI is InChI=1S/C25H50O10/c1-2-3-4-5-6-7-8-25(27)35-24-23-34-22-21-33-20-19-32-18-17-31-16-15-30-14-13-29-12-11-28-10-9-26/h26H,2-24H2,1H3. The Labute approximate surface area is 211 Å². The van der Waals surface area contributed by atoms with Crippen molar-refractivity contribution in [3.8, 4) is 0 Å². The number of esters is 1. The van der Waals surface area contributed by atoms with Crippen LogP contribution in [0.3, 0.4) is 0 Å². The van der Waals surface area contributed by atoms with Gasteiger partial charge in [-0.25, -0.2) is 0 Å². The third-order valence-corrected chi connectivity index (χ3v) is 4.69. The molecule has 0 aliphatic carbocycles. The van der Waals surface area contributed by atoms with E-state index < -0.39 is 0 Å². The van der Waals surface area contributed by atoms with Gasteiger partial charge in [0.05, 0.1) is 99.1 Å². The molecule has 0 radical (unpaired) electrons. The molecule has 10 nitrogen and oxygen atoms in total. The van der Waals surface area contributed by atoms with E-state index in [1.165, 1.54) is 25.7 Å². The number of carbonyl (C=O) groups excluding carboxylic acids is 1. The van der Waals surface area contributed by atoms with E-state index in [-0.39, 0.29) is 19.2 Å². The van der Waals surface area contributed by atoms with Crippen molar-refractivity contribution in [3.63, 3.8) is 0 Å². The number of aliphatic hydroxyl groups is 1. The normalized spacial score (nSPS) is 11.3. The van der Waals surface area contributed by atoms with E-state index in [4.69, 9.17) is 43.0 Å². The summed E-state index contributed by atoms with van der Waals surface area (Å²) in [6.45, 7) is 9.14. The molecule has 0 aromatic heterocycles. The van der Waals surface area contributed by atoms with Gasteiger partial charge in [-0.1, -0.05) is 39.0 Å². The molecule has 10 heteroatoms. The smallest absolute Gasteiger partial charge is 0.305 e. The summed E-state index contributed by atoms with van der Waals surface area (Å²) in [6.07, 6.45) is 7.44. The molecule has 0 aromatic rings. The van der Waals surface area contributed by atoms with Crippen LogP contribution in [0.5, 0.6) is 0 Å². The highest BCUT2D eigenvalue weighted by Gasteiger charge is 2.02. The molecular formula is C25H50O10. The van der Waals surface area contributed by atoms with Crippen molar-refractivity contribution in [1.82, 2.24) is 0 Å². The Hall–Kier alpha value is -0.850. The van der Waals surface area contributed by atoms with Crippen LogP contribution in [0.1, 0.15) is 51.9 Å². The molecule has 0 saturated carbocycles. The number of hydrogen-bond donors (Lipinski definition) is 1. The Morgan fingerprint density at radius 3 is 1.23 bits per heavy atom.